The molecule has 1 N–H and O–H groups in total. The minimum absolute atomic E-state index is 0.0534. The molecular weight excluding hydrogens is 368 g/mol. The predicted octanol–water partition coefficient (Wildman–Crippen LogP) is 4.30. The number of halogens is 1. The molecule has 0 aliphatic carbocycles. The molecule has 0 radical (unpaired) electrons. The van der Waals surface area contributed by atoms with E-state index in [4.69, 9.17) is 0 Å². The van der Waals surface area contributed by atoms with Crippen LogP contribution < -0.4 is 4.90 Å². The first-order valence-corrected chi connectivity index (χ1v) is 8.61. The number of hydrogen-bond acceptors (Lipinski definition) is 3. The number of hydrogen-bond donors (Lipinski definition) is 1. The summed E-state index contributed by atoms with van der Waals surface area (Å²) in [7, 11) is 0. The van der Waals surface area contributed by atoms with Gasteiger partial charge in [-0.2, -0.15) is 0 Å². The van der Waals surface area contributed by atoms with Crippen LogP contribution >= 0.6 is 15.9 Å². The third kappa shape index (κ3) is 2.45. The minimum Gasteiger partial charge on any atom is -0.505 e. The first kappa shape index (κ1) is 15.1. The van der Waals surface area contributed by atoms with E-state index in [1.807, 2.05) is 30.3 Å². The number of nitrogens with zero attached hydrogens (tertiary/aromatic N) is 2. The number of aryl methyl sites for hydroxylation is 1. The monoisotopic (exact) mass is 382 g/mol. The molecule has 1 aliphatic heterocycles. The van der Waals surface area contributed by atoms with Gasteiger partial charge in [-0.15, -0.1) is 0 Å². The maximum absolute atomic E-state index is 13.0. The van der Waals surface area contributed by atoms with Crippen LogP contribution in [0.5, 0.6) is 5.75 Å². The van der Waals surface area contributed by atoms with Gasteiger partial charge in [0.25, 0.3) is 5.91 Å². The lowest BCUT2D eigenvalue weighted by Gasteiger charge is -2.30. The number of aromatic hydroxyl groups is 1. The summed E-state index contributed by atoms with van der Waals surface area (Å²) in [4.78, 5) is 19.0. The van der Waals surface area contributed by atoms with E-state index in [0.717, 1.165) is 34.0 Å². The Bertz CT molecular complexity index is 955. The molecule has 1 amide bonds. The van der Waals surface area contributed by atoms with E-state index in [0.29, 0.717) is 12.1 Å². The van der Waals surface area contributed by atoms with Crippen LogP contribution in [0.3, 0.4) is 0 Å². The van der Waals surface area contributed by atoms with Crippen molar-refractivity contribution in [3.63, 3.8) is 0 Å². The zero-order chi connectivity index (χ0) is 16.7. The second-order valence-corrected chi connectivity index (χ2v) is 6.79. The highest BCUT2D eigenvalue weighted by molar-refractivity contribution is 9.10. The fraction of sp³-hybridized carbons (Fsp3) is 0.158. The Hall–Kier alpha value is -2.40. The lowest BCUT2D eigenvalue weighted by molar-refractivity contribution is 0.0982. The van der Waals surface area contributed by atoms with Gasteiger partial charge in [-0.25, -0.2) is 0 Å². The number of fused-ring (bicyclic) bond motifs is 2. The lowest BCUT2D eigenvalue weighted by Crippen LogP contribution is -2.35. The highest BCUT2D eigenvalue weighted by Crippen LogP contribution is 2.33. The standard InChI is InChI=1S/C19H15BrN2O2/c20-14-6-8-16-13(11-14)4-2-10-22(16)19(24)15-7-5-12-3-1-9-21-17(12)18(15)23/h1,3,5-9,11,23H,2,4,10H2. The molecule has 4 nitrogen and oxygen atoms in total. The first-order valence-electron chi connectivity index (χ1n) is 7.82. The molecule has 4 rings (SSSR count). The van der Waals surface area contributed by atoms with Gasteiger partial charge in [-0.3, -0.25) is 9.78 Å². The Morgan fingerprint density at radius 3 is 2.96 bits per heavy atom. The molecule has 0 spiro atoms. The molecule has 2 aromatic carbocycles. The van der Waals surface area contributed by atoms with E-state index >= 15 is 0 Å². The van der Waals surface area contributed by atoms with Gasteiger partial charge in [0.15, 0.2) is 5.75 Å². The predicted molar refractivity (Wildman–Crippen MR) is 97.5 cm³/mol. The van der Waals surface area contributed by atoms with Crippen LogP contribution in [0.15, 0.2) is 53.1 Å². The Balaban J connectivity index is 1.79. The van der Waals surface area contributed by atoms with Gasteiger partial charge in [0.2, 0.25) is 0 Å². The molecule has 0 atom stereocenters. The summed E-state index contributed by atoms with van der Waals surface area (Å²) in [6.45, 7) is 0.646. The van der Waals surface area contributed by atoms with Gasteiger partial charge in [-0.1, -0.05) is 28.1 Å². The van der Waals surface area contributed by atoms with Crippen molar-refractivity contribution in [2.45, 2.75) is 12.8 Å². The minimum atomic E-state index is -0.191. The molecule has 1 aromatic heterocycles. The van der Waals surface area contributed by atoms with E-state index in [1.165, 1.54) is 0 Å². The van der Waals surface area contributed by atoms with Crippen LogP contribution in [0, 0.1) is 0 Å². The zero-order valence-electron chi connectivity index (χ0n) is 12.9. The molecule has 0 fully saturated rings. The fourth-order valence-electron chi connectivity index (χ4n) is 3.22. The summed E-state index contributed by atoms with van der Waals surface area (Å²) in [5.74, 6) is -0.245. The molecule has 2 heterocycles. The highest BCUT2D eigenvalue weighted by atomic mass is 79.9. The van der Waals surface area contributed by atoms with Crippen LogP contribution in [0.2, 0.25) is 0 Å². The average Bonchev–Trinajstić information content (AvgIpc) is 2.61. The van der Waals surface area contributed by atoms with Crippen molar-refractivity contribution in [1.82, 2.24) is 4.98 Å². The Labute approximate surface area is 147 Å². The number of amides is 1. The van der Waals surface area contributed by atoms with Crippen molar-refractivity contribution >= 4 is 38.4 Å². The van der Waals surface area contributed by atoms with Gasteiger partial charge in [-0.05, 0) is 48.7 Å². The summed E-state index contributed by atoms with van der Waals surface area (Å²) in [6, 6.07) is 13.1. The van der Waals surface area contributed by atoms with Crippen LogP contribution in [-0.4, -0.2) is 22.5 Å². The van der Waals surface area contributed by atoms with Gasteiger partial charge in [0.05, 0.1) is 5.56 Å². The van der Waals surface area contributed by atoms with Gasteiger partial charge in [0, 0.05) is 28.3 Å². The van der Waals surface area contributed by atoms with Crippen LogP contribution in [0.25, 0.3) is 10.9 Å². The third-order valence-corrected chi connectivity index (χ3v) is 4.88. The van der Waals surface area contributed by atoms with E-state index in [2.05, 4.69) is 27.0 Å². The number of benzene rings is 2. The Morgan fingerprint density at radius 1 is 1.21 bits per heavy atom. The second-order valence-electron chi connectivity index (χ2n) is 5.87. The van der Waals surface area contributed by atoms with Crippen LogP contribution in [-0.2, 0) is 6.42 Å². The number of aromatic nitrogens is 1. The SMILES string of the molecule is O=C(c1ccc2cccnc2c1O)N1CCCc2cc(Br)ccc21. The summed E-state index contributed by atoms with van der Waals surface area (Å²) in [6.07, 6.45) is 3.47. The van der Waals surface area contributed by atoms with E-state index in [9.17, 15) is 9.90 Å². The highest BCUT2D eigenvalue weighted by Gasteiger charge is 2.26. The van der Waals surface area contributed by atoms with E-state index < -0.39 is 0 Å². The largest absolute Gasteiger partial charge is 0.505 e. The van der Waals surface area contributed by atoms with Crippen molar-refractivity contribution in [2.75, 3.05) is 11.4 Å². The first-order chi connectivity index (χ1) is 11.6. The maximum Gasteiger partial charge on any atom is 0.262 e. The molecule has 0 bridgehead atoms. The summed E-state index contributed by atoms with van der Waals surface area (Å²) in [5.41, 5.74) is 2.80. The Kier molecular flexibility index (Phi) is 3.73. The molecule has 0 saturated carbocycles. The van der Waals surface area contributed by atoms with Gasteiger partial charge < -0.3 is 10.0 Å². The lowest BCUT2D eigenvalue weighted by atomic mass is 10.00. The number of pyridine rings is 1. The topological polar surface area (TPSA) is 53.4 Å². The van der Waals surface area contributed by atoms with Gasteiger partial charge >= 0.3 is 0 Å². The summed E-state index contributed by atoms with van der Waals surface area (Å²) >= 11 is 3.48. The number of carbonyl (C=O) groups excluding carboxylic acids is 1. The van der Waals surface area contributed by atoms with Crippen LogP contribution in [0.4, 0.5) is 5.69 Å². The normalized spacial score (nSPS) is 13.8. The summed E-state index contributed by atoms with van der Waals surface area (Å²) in [5, 5.41) is 11.3. The number of rotatable bonds is 1. The third-order valence-electron chi connectivity index (χ3n) is 4.38. The number of phenolic OH excluding ortho intramolecular Hbond substituents is 1. The summed E-state index contributed by atoms with van der Waals surface area (Å²) < 4.78 is 1.01. The average molecular weight is 383 g/mol. The molecule has 0 unspecified atom stereocenters. The zero-order valence-corrected chi connectivity index (χ0v) is 14.5. The molecule has 3 aromatic rings. The number of phenols is 1. The maximum atomic E-state index is 13.0. The molecule has 120 valence electrons. The van der Waals surface area contributed by atoms with Crippen molar-refractivity contribution in [2.24, 2.45) is 0 Å². The Morgan fingerprint density at radius 2 is 2.08 bits per heavy atom. The van der Waals surface area contributed by atoms with Crippen molar-refractivity contribution in [3.8, 4) is 5.75 Å². The number of anilines is 1. The molecule has 5 heteroatoms. The number of carbonyl (C=O) groups is 1. The van der Waals surface area contributed by atoms with Crippen LogP contribution in [0.1, 0.15) is 22.3 Å². The van der Waals surface area contributed by atoms with E-state index in [1.54, 1.807) is 17.2 Å². The smallest absolute Gasteiger partial charge is 0.262 e. The van der Waals surface area contributed by atoms with Crippen molar-refractivity contribution in [1.29, 1.82) is 0 Å². The molecular formula is C19H15BrN2O2. The van der Waals surface area contributed by atoms with E-state index in [-0.39, 0.29) is 17.2 Å². The van der Waals surface area contributed by atoms with Gasteiger partial charge in [0.1, 0.15) is 5.52 Å². The second kappa shape index (κ2) is 5.91. The van der Waals surface area contributed by atoms with Crippen molar-refractivity contribution in [3.05, 3.63) is 64.3 Å². The van der Waals surface area contributed by atoms with Crippen molar-refractivity contribution < 1.29 is 9.90 Å². The molecule has 0 saturated heterocycles. The quantitative estimate of drug-likeness (QED) is 0.682. The molecule has 1 aliphatic rings. The fourth-order valence-corrected chi connectivity index (χ4v) is 3.63. The molecule has 24 heavy (non-hydrogen) atoms.